The number of amides is 1. The summed E-state index contributed by atoms with van der Waals surface area (Å²) in [5.41, 5.74) is 11.7. The molecule has 58 valence electrons. The van der Waals surface area contributed by atoms with Gasteiger partial charge in [0.2, 0.25) is 5.91 Å². The van der Waals surface area contributed by atoms with Crippen molar-refractivity contribution in [2.45, 2.75) is 0 Å². The predicted octanol–water partition coefficient (Wildman–Crippen LogP) is 0.972. The molecule has 0 atom stereocenters. The minimum absolute atomic E-state index is 0.443. The van der Waals surface area contributed by atoms with E-state index in [1.165, 1.54) is 0 Å². The zero-order valence-electron chi connectivity index (χ0n) is 5.67. The summed E-state index contributed by atoms with van der Waals surface area (Å²) in [5, 5.41) is 0. The van der Waals surface area contributed by atoms with Gasteiger partial charge >= 0.3 is 0 Å². The Hall–Kier alpha value is -0.780. The molecule has 1 rings (SSSR count). The van der Waals surface area contributed by atoms with Crippen LogP contribution in [0.1, 0.15) is 10.4 Å². The van der Waals surface area contributed by atoms with E-state index in [-0.39, 0.29) is 0 Å². The monoisotopic (exact) mass is 262 g/mol. The Bertz CT molecular complexity index is 298. The molecule has 0 aromatic heterocycles. The zero-order valence-corrected chi connectivity index (χ0v) is 7.83. The zero-order chi connectivity index (χ0) is 8.43. The summed E-state index contributed by atoms with van der Waals surface area (Å²) in [6.45, 7) is 0. The fourth-order valence-electron chi connectivity index (χ4n) is 0.740. The first-order valence-electron chi connectivity index (χ1n) is 2.96. The van der Waals surface area contributed by atoms with Crippen molar-refractivity contribution >= 4 is 34.2 Å². The topological polar surface area (TPSA) is 69.1 Å². The van der Waals surface area contributed by atoms with Gasteiger partial charge < -0.3 is 11.5 Å². The van der Waals surface area contributed by atoms with E-state index < -0.39 is 5.91 Å². The highest BCUT2D eigenvalue weighted by atomic mass is 127. The summed E-state index contributed by atoms with van der Waals surface area (Å²) >= 11 is 1.99. The Morgan fingerprint density at radius 1 is 1.45 bits per heavy atom. The predicted molar refractivity (Wildman–Crippen MR) is 52.1 cm³/mol. The second-order valence-corrected chi connectivity index (χ2v) is 3.15. The molecular weight excluding hydrogens is 255 g/mol. The van der Waals surface area contributed by atoms with Gasteiger partial charge in [-0.05, 0) is 34.7 Å². The molecule has 4 N–H and O–H groups in total. The van der Waals surface area contributed by atoms with Crippen molar-refractivity contribution in [3.8, 4) is 0 Å². The molecule has 3 nitrogen and oxygen atoms in total. The summed E-state index contributed by atoms with van der Waals surface area (Å²) in [6, 6.07) is 5.09. The Balaban J connectivity index is 3.27. The molecule has 0 radical (unpaired) electrons. The molecule has 4 heteroatoms. The molecule has 0 aliphatic rings. The quantitative estimate of drug-likeness (QED) is 0.585. The van der Waals surface area contributed by atoms with Crippen LogP contribution in [0, 0.1) is 3.57 Å². The van der Waals surface area contributed by atoms with Crippen LogP contribution in [-0.4, -0.2) is 5.91 Å². The van der Waals surface area contributed by atoms with E-state index in [0.29, 0.717) is 11.3 Å². The van der Waals surface area contributed by atoms with E-state index in [0.717, 1.165) is 3.57 Å². The molecule has 0 heterocycles. The molecule has 11 heavy (non-hydrogen) atoms. The molecule has 1 aromatic rings. The van der Waals surface area contributed by atoms with Gasteiger partial charge in [0, 0.05) is 9.26 Å². The van der Waals surface area contributed by atoms with Crippen LogP contribution in [0.4, 0.5) is 5.69 Å². The molecule has 0 spiro atoms. The van der Waals surface area contributed by atoms with E-state index in [2.05, 4.69) is 0 Å². The number of primary amides is 1. The van der Waals surface area contributed by atoms with Crippen LogP contribution >= 0.6 is 22.6 Å². The first-order valence-corrected chi connectivity index (χ1v) is 4.04. The normalized spacial score (nSPS) is 9.55. The van der Waals surface area contributed by atoms with E-state index in [4.69, 9.17) is 11.5 Å². The molecule has 0 saturated heterocycles. The van der Waals surface area contributed by atoms with Crippen LogP contribution in [0.3, 0.4) is 0 Å². The summed E-state index contributed by atoms with van der Waals surface area (Å²) in [5.74, 6) is -0.443. The van der Waals surface area contributed by atoms with Crippen LogP contribution < -0.4 is 11.5 Å². The standard InChI is InChI=1S/C7H7IN2O/c8-6-4(7(10)11)2-1-3-5(6)9/h1-3H,9H2,(H2,10,11). The minimum atomic E-state index is -0.443. The molecule has 1 amide bonds. The van der Waals surface area contributed by atoms with Crippen molar-refractivity contribution in [3.05, 3.63) is 27.3 Å². The maximum atomic E-state index is 10.7. The Morgan fingerprint density at radius 2 is 2.09 bits per heavy atom. The number of hydrogen-bond acceptors (Lipinski definition) is 2. The first kappa shape index (κ1) is 8.32. The van der Waals surface area contributed by atoms with Gasteiger partial charge in [0.15, 0.2) is 0 Å². The second kappa shape index (κ2) is 3.08. The van der Waals surface area contributed by atoms with E-state index in [1.807, 2.05) is 22.6 Å². The van der Waals surface area contributed by atoms with Crippen molar-refractivity contribution in [1.29, 1.82) is 0 Å². The van der Waals surface area contributed by atoms with Crippen LogP contribution in [0.25, 0.3) is 0 Å². The van der Waals surface area contributed by atoms with Gasteiger partial charge in [-0.3, -0.25) is 4.79 Å². The fourth-order valence-corrected chi connectivity index (χ4v) is 1.37. The lowest BCUT2D eigenvalue weighted by molar-refractivity contribution is 0.0999. The van der Waals surface area contributed by atoms with Crippen molar-refractivity contribution in [2.24, 2.45) is 5.73 Å². The van der Waals surface area contributed by atoms with Gasteiger partial charge in [0.05, 0.1) is 5.56 Å². The lowest BCUT2D eigenvalue weighted by Crippen LogP contribution is -2.13. The van der Waals surface area contributed by atoms with Crippen LogP contribution in [0.15, 0.2) is 18.2 Å². The van der Waals surface area contributed by atoms with Gasteiger partial charge in [-0.25, -0.2) is 0 Å². The van der Waals surface area contributed by atoms with Crippen LogP contribution in [-0.2, 0) is 0 Å². The number of hydrogen-bond donors (Lipinski definition) is 2. The maximum Gasteiger partial charge on any atom is 0.249 e. The SMILES string of the molecule is NC(=O)c1cccc(N)c1I. The van der Waals surface area contributed by atoms with E-state index in [9.17, 15) is 4.79 Å². The number of nitrogen functional groups attached to an aromatic ring is 1. The highest BCUT2D eigenvalue weighted by molar-refractivity contribution is 14.1. The van der Waals surface area contributed by atoms with Crippen LogP contribution in [0.2, 0.25) is 0 Å². The van der Waals surface area contributed by atoms with E-state index in [1.54, 1.807) is 18.2 Å². The van der Waals surface area contributed by atoms with Gasteiger partial charge in [-0.2, -0.15) is 0 Å². The highest BCUT2D eigenvalue weighted by Crippen LogP contribution is 2.18. The first-order chi connectivity index (χ1) is 5.13. The summed E-state index contributed by atoms with van der Waals surface area (Å²) in [6.07, 6.45) is 0. The number of anilines is 1. The van der Waals surface area contributed by atoms with E-state index >= 15 is 0 Å². The summed E-state index contributed by atoms with van der Waals surface area (Å²) < 4.78 is 0.720. The molecule has 0 saturated carbocycles. The van der Waals surface area contributed by atoms with Gasteiger partial charge in [0.1, 0.15) is 0 Å². The number of carbonyl (C=O) groups is 1. The van der Waals surface area contributed by atoms with Crippen molar-refractivity contribution < 1.29 is 4.79 Å². The van der Waals surface area contributed by atoms with Gasteiger partial charge in [0.25, 0.3) is 0 Å². The third-order valence-electron chi connectivity index (χ3n) is 1.29. The number of carbonyl (C=O) groups excluding carboxylic acids is 1. The number of nitrogens with two attached hydrogens (primary N) is 2. The fraction of sp³-hybridized carbons (Fsp3) is 0. The third-order valence-corrected chi connectivity index (χ3v) is 2.50. The molecule has 0 unspecified atom stereocenters. The summed E-state index contributed by atoms with van der Waals surface area (Å²) in [7, 11) is 0. The van der Waals surface area contributed by atoms with Crippen LogP contribution in [0.5, 0.6) is 0 Å². The van der Waals surface area contributed by atoms with Gasteiger partial charge in [-0.15, -0.1) is 0 Å². The molecule has 1 aromatic carbocycles. The smallest absolute Gasteiger partial charge is 0.249 e. The molecule has 0 bridgehead atoms. The maximum absolute atomic E-state index is 10.7. The van der Waals surface area contributed by atoms with Crippen molar-refractivity contribution in [1.82, 2.24) is 0 Å². The molecule has 0 fully saturated rings. The Labute approximate surface area is 77.9 Å². The summed E-state index contributed by atoms with van der Waals surface area (Å²) in [4.78, 5) is 10.7. The van der Waals surface area contributed by atoms with Gasteiger partial charge in [-0.1, -0.05) is 6.07 Å². The third kappa shape index (κ3) is 1.62. The average molecular weight is 262 g/mol. The van der Waals surface area contributed by atoms with Crippen molar-refractivity contribution in [2.75, 3.05) is 5.73 Å². The van der Waals surface area contributed by atoms with Crippen molar-refractivity contribution in [3.63, 3.8) is 0 Å². The largest absolute Gasteiger partial charge is 0.398 e. The lowest BCUT2D eigenvalue weighted by atomic mass is 10.2. The number of rotatable bonds is 1. The molecular formula is C7H7IN2O. The molecule has 0 aliphatic carbocycles. The highest BCUT2D eigenvalue weighted by Gasteiger charge is 2.06. The average Bonchev–Trinajstić information content (AvgIpc) is 1.94. The number of halogens is 1. The second-order valence-electron chi connectivity index (χ2n) is 2.07. The number of benzene rings is 1. The lowest BCUT2D eigenvalue weighted by Gasteiger charge is -2.01. The molecule has 0 aliphatic heterocycles. The Morgan fingerprint density at radius 3 is 2.55 bits per heavy atom. The minimum Gasteiger partial charge on any atom is -0.398 e. The Kier molecular flexibility index (Phi) is 2.33.